The van der Waals surface area contributed by atoms with Gasteiger partial charge < -0.3 is 23.7 Å². The van der Waals surface area contributed by atoms with E-state index in [0.717, 1.165) is 35.1 Å². The highest BCUT2D eigenvalue weighted by atomic mass is 16.6. The number of rotatable bonds is 8. The van der Waals surface area contributed by atoms with Crippen molar-refractivity contribution in [2.24, 2.45) is 5.92 Å². The maximum absolute atomic E-state index is 13.2. The summed E-state index contributed by atoms with van der Waals surface area (Å²) in [5.41, 5.74) is 2.43. The van der Waals surface area contributed by atoms with Crippen LogP contribution in [0.25, 0.3) is 11.1 Å². The molecule has 4 aliphatic rings. The Morgan fingerprint density at radius 2 is 1.26 bits per heavy atom. The van der Waals surface area contributed by atoms with Crippen LogP contribution in [0.5, 0.6) is 0 Å². The summed E-state index contributed by atoms with van der Waals surface area (Å²) in [6.45, 7) is 10.4. The van der Waals surface area contributed by atoms with Crippen LogP contribution < -0.4 is 0 Å². The van der Waals surface area contributed by atoms with Crippen LogP contribution in [0.4, 0.5) is 9.59 Å². The van der Waals surface area contributed by atoms with Crippen LogP contribution in [0.15, 0.2) is 36.4 Å². The molecule has 2 amide bonds. The molecule has 2 aromatic carbocycles. The first-order chi connectivity index (χ1) is 25.0. The lowest BCUT2D eigenvalue weighted by Crippen LogP contribution is -2.51. The number of benzene rings is 2. The first-order valence-electron chi connectivity index (χ1n) is 18.2. The van der Waals surface area contributed by atoms with Crippen molar-refractivity contribution in [3.05, 3.63) is 58.7 Å². The van der Waals surface area contributed by atoms with Gasteiger partial charge in [-0.2, -0.15) is 0 Å². The van der Waals surface area contributed by atoms with Gasteiger partial charge in [0.15, 0.2) is 24.8 Å². The van der Waals surface area contributed by atoms with Crippen molar-refractivity contribution in [3.8, 4) is 11.1 Å². The highest BCUT2D eigenvalue weighted by Gasteiger charge is 2.53. The van der Waals surface area contributed by atoms with Gasteiger partial charge >= 0.3 is 24.1 Å². The molecule has 13 nitrogen and oxygen atoms in total. The summed E-state index contributed by atoms with van der Waals surface area (Å²) in [6, 6.07) is 8.67. The van der Waals surface area contributed by atoms with Crippen molar-refractivity contribution in [1.82, 2.24) is 9.80 Å². The molecule has 0 N–H and O–H groups in total. The van der Waals surface area contributed by atoms with Crippen LogP contribution in [-0.2, 0) is 46.5 Å². The van der Waals surface area contributed by atoms with E-state index in [2.05, 4.69) is 0 Å². The molecule has 4 atom stereocenters. The molecule has 3 aliphatic heterocycles. The summed E-state index contributed by atoms with van der Waals surface area (Å²) in [5, 5.41) is 0. The zero-order valence-corrected chi connectivity index (χ0v) is 31.2. The SMILES string of the molecule is CC(C)(C)OC(=O)N1CCCC1C(=O)OCC(=O)c1ccc2c(c1)COCc1cc(C(=O)COC(=O)C3C4CCC(C4)N3C(=O)OC(C)(C)C)ccc1-2. The highest BCUT2D eigenvalue weighted by Crippen LogP contribution is 2.43. The molecule has 0 radical (unpaired) electrons. The van der Waals surface area contributed by atoms with Gasteiger partial charge in [-0.1, -0.05) is 24.3 Å². The summed E-state index contributed by atoms with van der Waals surface area (Å²) < 4.78 is 27.8. The number of fused-ring (bicyclic) bond motifs is 5. The van der Waals surface area contributed by atoms with Gasteiger partial charge in [-0.05, 0) is 114 Å². The van der Waals surface area contributed by atoms with Gasteiger partial charge in [-0.3, -0.25) is 19.4 Å². The second-order valence-corrected chi connectivity index (χ2v) is 16.2. The molecule has 0 aromatic heterocycles. The normalized spacial score (nSPS) is 22.0. The number of esters is 2. The van der Waals surface area contributed by atoms with Crippen LogP contribution in [0.1, 0.15) is 105 Å². The molecule has 0 spiro atoms. The van der Waals surface area contributed by atoms with Gasteiger partial charge in [-0.15, -0.1) is 0 Å². The molecule has 2 saturated heterocycles. The first-order valence-corrected chi connectivity index (χ1v) is 18.2. The summed E-state index contributed by atoms with van der Waals surface area (Å²) in [7, 11) is 0. The molecule has 3 fully saturated rings. The van der Waals surface area contributed by atoms with E-state index >= 15 is 0 Å². The van der Waals surface area contributed by atoms with E-state index in [9.17, 15) is 28.8 Å². The molecule has 2 aromatic rings. The number of hydrogen-bond acceptors (Lipinski definition) is 11. The van der Waals surface area contributed by atoms with Gasteiger partial charge in [0.05, 0.1) is 13.2 Å². The highest BCUT2D eigenvalue weighted by molar-refractivity contribution is 6.00. The Labute approximate surface area is 309 Å². The molecule has 53 heavy (non-hydrogen) atoms. The van der Waals surface area contributed by atoms with Crippen LogP contribution in [0.3, 0.4) is 0 Å². The predicted octanol–water partition coefficient (Wildman–Crippen LogP) is 6.02. The predicted molar refractivity (Wildman–Crippen MR) is 190 cm³/mol. The van der Waals surface area contributed by atoms with E-state index in [-0.39, 0.29) is 31.0 Å². The summed E-state index contributed by atoms with van der Waals surface area (Å²) >= 11 is 0. The van der Waals surface area contributed by atoms with E-state index in [1.165, 1.54) is 9.80 Å². The van der Waals surface area contributed by atoms with E-state index in [1.807, 2.05) is 0 Å². The molecular weight excluding hydrogens is 684 g/mol. The van der Waals surface area contributed by atoms with Gasteiger partial charge in [-0.25, -0.2) is 19.2 Å². The zero-order valence-electron chi connectivity index (χ0n) is 31.2. The molecule has 1 saturated carbocycles. The van der Waals surface area contributed by atoms with Crippen molar-refractivity contribution >= 4 is 35.7 Å². The number of carbonyl (C=O) groups is 6. The van der Waals surface area contributed by atoms with E-state index in [4.69, 9.17) is 23.7 Å². The van der Waals surface area contributed by atoms with Crippen LogP contribution in [0, 0.1) is 5.92 Å². The van der Waals surface area contributed by atoms with Crippen molar-refractivity contribution < 1.29 is 52.5 Å². The van der Waals surface area contributed by atoms with Gasteiger partial charge in [0.2, 0.25) is 0 Å². The third-order valence-corrected chi connectivity index (χ3v) is 9.93. The largest absolute Gasteiger partial charge is 0.456 e. The fraction of sp³-hybridized carbons (Fsp3) is 0.550. The topological polar surface area (TPSA) is 155 Å². The summed E-state index contributed by atoms with van der Waals surface area (Å²) in [4.78, 5) is 80.9. The van der Waals surface area contributed by atoms with Crippen LogP contribution >= 0.6 is 0 Å². The number of ether oxygens (including phenoxy) is 5. The number of carbonyl (C=O) groups excluding carboxylic acids is 6. The molecule has 3 heterocycles. The number of hydrogen-bond donors (Lipinski definition) is 0. The molecular formula is C40H48N2O11. The van der Waals surface area contributed by atoms with Crippen molar-refractivity contribution in [1.29, 1.82) is 0 Å². The Balaban J connectivity index is 1.06. The molecule has 4 unspecified atom stereocenters. The third kappa shape index (κ3) is 8.56. The molecule has 6 rings (SSSR count). The number of Topliss-reactive ketones (excluding diaryl/α,β-unsaturated/α-hetero) is 2. The lowest BCUT2D eigenvalue weighted by atomic mass is 9.92. The van der Waals surface area contributed by atoms with Gasteiger partial charge in [0.25, 0.3) is 0 Å². The summed E-state index contributed by atoms with van der Waals surface area (Å²) in [6.07, 6.45) is 2.24. The second-order valence-electron chi connectivity index (χ2n) is 16.2. The van der Waals surface area contributed by atoms with Gasteiger partial charge in [0, 0.05) is 23.7 Å². The van der Waals surface area contributed by atoms with Crippen LogP contribution in [-0.4, -0.2) is 94.6 Å². The number of likely N-dealkylation sites (tertiary alicyclic amines) is 2. The average Bonchev–Trinajstić information content (AvgIpc) is 3.83. The quantitative estimate of drug-likeness (QED) is 0.178. The van der Waals surface area contributed by atoms with Crippen molar-refractivity contribution in [2.75, 3.05) is 19.8 Å². The number of amides is 2. The minimum atomic E-state index is -0.810. The lowest BCUT2D eigenvalue weighted by molar-refractivity contribution is -0.150. The molecule has 2 bridgehead atoms. The van der Waals surface area contributed by atoms with Crippen molar-refractivity contribution in [3.63, 3.8) is 0 Å². The minimum absolute atomic E-state index is 0.0284. The van der Waals surface area contributed by atoms with Gasteiger partial charge in [0.1, 0.15) is 23.3 Å². The third-order valence-electron chi connectivity index (χ3n) is 9.93. The molecule has 13 heteroatoms. The van der Waals surface area contributed by atoms with Crippen LogP contribution in [0.2, 0.25) is 0 Å². The maximum atomic E-state index is 13.2. The number of nitrogens with zero attached hydrogens (tertiary/aromatic N) is 2. The Morgan fingerprint density at radius 3 is 1.83 bits per heavy atom. The average molecular weight is 733 g/mol. The standard InChI is InChI=1S/C40H48N2O11/c1-39(2,3)52-37(47)41-15-7-8-31(41)35(45)50-21-32(43)23-10-13-29-26(16-23)19-49-20-27-17-24(11-14-30(27)29)33(44)22-51-36(46)34-25-9-12-28(18-25)42(34)38(48)53-40(4,5)6/h10-11,13-14,16-17,25,28,31,34H,7-9,12,15,18-22H2,1-6H3. The molecule has 1 aliphatic carbocycles. The van der Waals surface area contributed by atoms with Crippen molar-refractivity contribution in [2.45, 2.75) is 116 Å². The smallest absolute Gasteiger partial charge is 0.411 e. The fourth-order valence-corrected chi connectivity index (χ4v) is 7.61. The number of ketones is 2. The Kier molecular flexibility index (Phi) is 10.7. The second kappa shape index (κ2) is 14.9. The van der Waals surface area contributed by atoms with E-state index in [1.54, 1.807) is 77.9 Å². The minimum Gasteiger partial charge on any atom is -0.456 e. The Morgan fingerprint density at radius 1 is 0.717 bits per heavy atom. The van der Waals surface area contributed by atoms with E-state index in [0.29, 0.717) is 36.9 Å². The molecule has 284 valence electrons. The lowest BCUT2D eigenvalue weighted by Gasteiger charge is -2.35. The number of piperidine rings is 1. The zero-order chi connectivity index (χ0) is 38.2. The maximum Gasteiger partial charge on any atom is 0.411 e. The fourth-order valence-electron chi connectivity index (χ4n) is 7.61. The van der Waals surface area contributed by atoms with E-state index < -0.39 is 66.4 Å². The Bertz CT molecular complexity index is 1810. The monoisotopic (exact) mass is 732 g/mol. The first kappa shape index (κ1) is 38.0. The Hall–Kier alpha value is -4.78. The summed E-state index contributed by atoms with van der Waals surface area (Å²) in [5.74, 6) is -2.08.